The first kappa shape index (κ1) is 8.32. The summed E-state index contributed by atoms with van der Waals surface area (Å²) in [5.41, 5.74) is 0.857. The van der Waals surface area contributed by atoms with E-state index in [1.165, 1.54) is 0 Å². The SMILES string of the molecule is O=C1c2ccccc2SC[C@H]1Br. The molecule has 1 aliphatic heterocycles. The minimum Gasteiger partial charge on any atom is -0.293 e. The van der Waals surface area contributed by atoms with E-state index in [4.69, 9.17) is 0 Å². The Morgan fingerprint density at radius 2 is 2.17 bits per heavy atom. The van der Waals surface area contributed by atoms with Crippen molar-refractivity contribution in [1.82, 2.24) is 0 Å². The Hall–Kier alpha value is -0.280. The van der Waals surface area contributed by atoms with Gasteiger partial charge in [0, 0.05) is 16.2 Å². The molecule has 1 aromatic rings. The Bertz CT molecular complexity index is 324. The number of benzene rings is 1. The molecule has 3 heteroatoms. The van der Waals surface area contributed by atoms with E-state index in [1.54, 1.807) is 11.8 Å². The fourth-order valence-corrected chi connectivity index (χ4v) is 2.82. The monoisotopic (exact) mass is 242 g/mol. The normalized spacial score (nSPS) is 22.1. The Labute approximate surface area is 83.7 Å². The molecule has 0 saturated heterocycles. The maximum atomic E-state index is 11.6. The summed E-state index contributed by atoms with van der Waals surface area (Å²) in [7, 11) is 0. The molecule has 12 heavy (non-hydrogen) atoms. The van der Waals surface area contributed by atoms with E-state index in [9.17, 15) is 4.79 Å². The molecule has 2 rings (SSSR count). The topological polar surface area (TPSA) is 17.1 Å². The van der Waals surface area contributed by atoms with Crippen LogP contribution in [0.2, 0.25) is 0 Å². The summed E-state index contributed by atoms with van der Waals surface area (Å²) >= 11 is 5.09. The Balaban J connectivity index is 2.49. The van der Waals surface area contributed by atoms with Gasteiger partial charge in [-0.1, -0.05) is 34.1 Å². The van der Waals surface area contributed by atoms with Crippen LogP contribution in [0.4, 0.5) is 0 Å². The second-order valence-electron chi connectivity index (χ2n) is 2.64. The average molecular weight is 243 g/mol. The third kappa shape index (κ3) is 1.31. The highest BCUT2D eigenvalue weighted by Gasteiger charge is 2.24. The van der Waals surface area contributed by atoms with Crippen LogP contribution in [0.15, 0.2) is 29.2 Å². The molecule has 1 aliphatic rings. The van der Waals surface area contributed by atoms with Gasteiger partial charge in [-0.05, 0) is 6.07 Å². The maximum absolute atomic E-state index is 11.6. The first-order valence-corrected chi connectivity index (χ1v) is 5.59. The van der Waals surface area contributed by atoms with Gasteiger partial charge >= 0.3 is 0 Å². The number of fused-ring (bicyclic) bond motifs is 1. The van der Waals surface area contributed by atoms with Gasteiger partial charge in [-0.2, -0.15) is 0 Å². The van der Waals surface area contributed by atoms with Crippen molar-refractivity contribution in [3.63, 3.8) is 0 Å². The molecular formula is C9H7BrOS. The molecule has 1 aromatic carbocycles. The molecule has 0 aromatic heterocycles. The summed E-state index contributed by atoms with van der Waals surface area (Å²) in [6.07, 6.45) is 0. The zero-order valence-electron chi connectivity index (χ0n) is 6.29. The molecule has 0 unspecified atom stereocenters. The first-order valence-electron chi connectivity index (χ1n) is 3.69. The van der Waals surface area contributed by atoms with E-state index in [0.717, 1.165) is 16.2 Å². The lowest BCUT2D eigenvalue weighted by Crippen LogP contribution is -2.21. The summed E-state index contributed by atoms with van der Waals surface area (Å²) in [6, 6.07) is 7.75. The van der Waals surface area contributed by atoms with E-state index in [2.05, 4.69) is 15.9 Å². The number of halogens is 1. The number of thioether (sulfide) groups is 1. The maximum Gasteiger partial charge on any atom is 0.178 e. The first-order chi connectivity index (χ1) is 5.79. The molecule has 62 valence electrons. The van der Waals surface area contributed by atoms with Gasteiger partial charge in [0.15, 0.2) is 5.78 Å². The number of alkyl halides is 1. The molecule has 0 aliphatic carbocycles. The highest BCUT2D eigenvalue weighted by molar-refractivity contribution is 9.10. The van der Waals surface area contributed by atoms with E-state index in [0.29, 0.717) is 0 Å². The summed E-state index contributed by atoms with van der Waals surface area (Å²) in [6.45, 7) is 0. The molecule has 0 amide bonds. The van der Waals surface area contributed by atoms with Crippen molar-refractivity contribution in [2.24, 2.45) is 0 Å². The van der Waals surface area contributed by atoms with Crippen molar-refractivity contribution < 1.29 is 4.79 Å². The minimum absolute atomic E-state index is 0.00241. The number of ketones is 1. The molecule has 0 fully saturated rings. The lowest BCUT2D eigenvalue weighted by Gasteiger charge is -2.17. The highest BCUT2D eigenvalue weighted by Crippen LogP contribution is 2.32. The second-order valence-corrected chi connectivity index (χ2v) is 4.81. The fourth-order valence-electron chi connectivity index (χ4n) is 1.20. The number of hydrogen-bond donors (Lipinski definition) is 0. The number of Topliss-reactive ketones (excluding diaryl/α,β-unsaturated/α-hetero) is 1. The smallest absolute Gasteiger partial charge is 0.178 e. The zero-order chi connectivity index (χ0) is 8.55. The molecule has 0 bridgehead atoms. The molecule has 0 N–H and O–H groups in total. The molecule has 0 saturated carbocycles. The van der Waals surface area contributed by atoms with E-state index < -0.39 is 0 Å². The molecule has 1 nitrogen and oxygen atoms in total. The zero-order valence-corrected chi connectivity index (χ0v) is 8.69. The van der Waals surface area contributed by atoms with Crippen molar-refractivity contribution in [3.05, 3.63) is 29.8 Å². The van der Waals surface area contributed by atoms with Gasteiger partial charge in [0.2, 0.25) is 0 Å². The molecule has 0 radical (unpaired) electrons. The van der Waals surface area contributed by atoms with Crippen LogP contribution in [-0.2, 0) is 0 Å². The van der Waals surface area contributed by atoms with Gasteiger partial charge in [-0.25, -0.2) is 0 Å². The van der Waals surface area contributed by atoms with Gasteiger partial charge in [0.1, 0.15) is 0 Å². The van der Waals surface area contributed by atoms with Crippen LogP contribution < -0.4 is 0 Å². The quantitative estimate of drug-likeness (QED) is 0.652. The average Bonchev–Trinajstić information content (AvgIpc) is 2.12. The number of rotatable bonds is 0. The molecule has 1 atom stereocenters. The summed E-state index contributed by atoms with van der Waals surface area (Å²) < 4.78 is 0. The van der Waals surface area contributed by atoms with Crippen molar-refractivity contribution in [1.29, 1.82) is 0 Å². The van der Waals surface area contributed by atoms with Crippen molar-refractivity contribution in [3.8, 4) is 0 Å². The van der Waals surface area contributed by atoms with E-state index in [-0.39, 0.29) is 10.6 Å². The number of carbonyl (C=O) groups is 1. The van der Waals surface area contributed by atoms with Crippen LogP contribution in [0.5, 0.6) is 0 Å². The molecule has 0 spiro atoms. The lowest BCUT2D eigenvalue weighted by atomic mass is 10.1. The number of hydrogen-bond acceptors (Lipinski definition) is 2. The minimum atomic E-state index is -0.00241. The molecule has 1 heterocycles. The summed E-state index contributed by atoms with van der Waals surface area (Å²) in [5, 5.41) is 0. The van der Waals surface area contributed by atoms with Gasteiger partial charge in [0.25, 0.3) is 0 Å². The highest BCUT2D eigenvalue weighted by atomic mass is 79.9. The lowest BCUT2D eigenvalue weighted by molar-refractivity contribution is 0.0992. The van der Waals surface area contributed by atoms with E-state index >= 15 is 0 Å². The van der Waals surface area contributed by atoms with Crippen LogP contribution in [0.3, 0.4) is 0 Å². The third-order valence-electron chi connectivity index (χ3n) is 1.82. The molecular weight excluding hydrogens is 236 g/mol. The largest absolute Gasteiger partial charge is 0.293 e. The van der Waals surface area contributed by atoms with Crippen LogP contribution in [0.1, 0.15) is 10.4 Å². The van der Waals surface area contributed by atoms with Crippen LogP contribution in [0.25, 0.3) is 0 Å². The predicted molar refractivity (Wildman–Crippen MR) is 54.2 cm³/mol. The van der Waals surface area contributed by atoms with Crippen molar-refractivity contribution in [2.75, 3.05) is 5.75 Å². The summed E-state index contributed by atoms with van der Waals surface area (Å²) in [4.78, 5) is 12.7. The van der Waals surface area contributed by atoms with Crippen molar-refractivity contribution >= 4 is 33.5 Å². The van der Waals surface area contributed by atoms with Gasteiger partial charge in [-0.3, -0.25) is 4.79 Å². The van der Waals surface area contributed by atoms with Gasteiger partial charge < -0.3 is 0 Å². The van der Waals surface area contributed by atoms with Crippen LogP contribution in [-0.4, -0.2) is 16.4 Å². The third-order valence-corrected chi connectivity index (χ3v) is 4.16. The second kappa shape index (κ2) is 3.23. The van der Waals surface area contributed by atoms with Gasteiger partial charge in [0.05, 0.1) is 4.83 Å². The Kier molecular flexibility index (Phi) is 2.24. The predicted octanol–water partition coefficient (Wildman–Crippen LogP) is 2.74. The Morgan fingerprint density at radius 3 is 3.00 bits per heavy atom. The Morgan fingerprint density at radius 1 is 1.42 bits per heavy atom. The van der Waals surface area contributed by atoms with Crippen LogP contribution in [0, 0.1) is 0 Å². The number of carbonyl (C=O) groups excluding carboxylic acids is 1. The standard InChI is InChI=1S/C9H7BrOS/c10-7-5-12-8-4-2-1-3-6(8)9(7)11/h1-4,7H,5H2/t7-/m1/s1. The van der Waals surface area contributed by atoms with Crippen LogP contribution >= 0.6 is 27.7 Å². The fraction of sp³-hybridized carbons (Fsp3) is 0.222. The summed E-state index contributed by atoms with van der Waals surface area (Å²) in [5.74, 6) is 1.06. The van der Waals surface area contributed by atoms with Crippen molar-refractivity contribution in [2.45, 2.75) is 9.72 Å². The van der Waals surface area contributed by atoms with Gasteiger partial charge in [-0.15, -0.1) is 11.8 Å². The van der Waals surface area contributed by atoms with E-state index in [1.807, 2.05) is 24.3 Å².